The topological polar surface area (TPSA) is 96.2 Å². The van der Waals surface area contributed by atoms with Crippen LogP contribution in [0.4, 0.5) is 18.9 Å². The minimum Gasteiger partial charge on any atom is -0.497 e. The lowest BCUT2D eigenvalue weighted by Gasteiger charge is -2.12. The van der Waals surface area contributed by atoms with Crippen molar-refractivity contribution in [3.63, 3.8) is 0 Å². The molecular weight excluding hydrogens is 399 g/mol. The lowest BCUT2D eigenvalue weighted by Crippen LogP contribution is -2.30. The van der Waals surface area contributed by atoms with Crippen molar-refractivity contribution in [2.45, 2.75) is 5.75 Å². The summed E-state index contributed by atoms with van der Waals surface area (Å²) in [6.07, 6.45) is 0. The monoisotopic (exact) mass is 413 g/mol. The first-order chi connectivity index (χ1) is 13.2. The zero-order valence-corrected chi connectivity index (χ0v) is 15.2. The molecular formula is C18H14F3NO5S. The summed E-state index contributed by atoms with van der Waals surface area (Å²) < 4.78 is 45.4. The molecule has 10 heteroatoms. The molecule has 2 N–H and O–H groups in total. The van der Waals surface area contributed by atoms with Crippen molar-refractivity contribution in [3.05, 3.63) is 59.4 Å². The number of rotatable bonds is 7. The van der Waals surface area contributed by atoms with Gasteiger partial charge in [0.15, 0.2) is 17.5 Å². The normalized spacial score (nSPS) is 11.5. The number of carboxylic acids is 2. The molecule has 2 aromatic carbocycles. The van der Waals surface area contributed by atoms with Gasteiger partial charge in [-0.05, 0) is 29.8 Å². The van der Waals surface area contributed by atoms with E-state index in [0.717, 1.165) is 17.8 Å². The third-order valence-electron chi connectivity index (χ3n) is 3.53. The van der Waals surface area contributed by atoms with Crippen LogP contribution in [0.25, 0.3) is 0 Å². The van der Waals surface area contributed by atoms with Gasteiger partial charge in [-0.2, -0.15) is 0 Å². The molecule has 0 spiro atoms. The molecule has 0 saturated heterocycles. The van der Waals surface area contributed by atoms with E-state index in [1.807, 2.05) is 0 Å². The zero-order valence-electron chi connectivity index (χ0n) is 14.4. The van der Waals surface area contributed by atoms with Crippen LogP contribution in [-0.2, 0) is 15.3 Å². The van der Waals surface area contributed by atoms with E-state index < -0.39 is 46.0 Å². The molecule has 0 aliphatic heterocycles. The van der Waals surface area contributed by atoms with E-state index in [1.54, 1.807) is 24.3 Å². The molecule has 0 unspecified atom stereocenters. The molecule has 0 radical (unpaired) electrons. The van der Waals surface area contributed by atoms with Gasteiger partial charge in [-0.15, -0.1) is 11.8 Å². The van der Waals surface area contributed by atoms with Crippen LogP contribution in [0.3, 0.4) is 0 Å². The quantitative estimate of drug-likeness (QED) is 0.310. The Bertz CT molecular complexity index is 904. The summed E-state index contributed by atoms with van der Waals surface area (Å²) in [4.78, 5) is 26.4. The first-order valence-electron chi connectivity index (χ1n) is 7.68. The van der Waals surface area contributed by atoms with Gasteiger partial charge in [-0.1, -0.05) is 12.1 Å². The van der Waals surface area contributed by atoms with E-state index in [9.17, 15) is 33.0 Å². The summed E-state index contributed by atoms with van der Waals surface area (Å²) in [6, 6.07) is 8.03. The maximum atomic E-state index is 13.9. The number of benzene rings is 2. The van der Waals surface area contributed by atoms with Gasteiger partial charge in [-0.25, -0.2) is 18.2 Å². The Hall–Kier alpha value is -3.01. The van der Waals surface area contributed by atoms with Crippen LogP contribution in [0.2, 0.25) is 0 Å². The molecule has 0 saturated carbocycles. The van der Waals surface area contributed by atoms with Crippen molar-refractivity contribution < 1.29 is 37.7 Å². The first-order valence-corrected chi connectivity index (χ1v) is 8.66. The van der Waals surface area contributed by atoms with Crippen molar-refractivity contribution in [3.8, 4) is 5.75 Å². The van der Waals surface area contributed by atoms with Gasteiger partial charge in [-0.3, -0.25) is 9.59 Å². The van der Waals surface area contributed by atoms with Crippen LogP contribution >= 0.6 is 11.8 Å². The highest BCUT2D eigenvalue weighted by Crippen LogP contribution is 2.28. The summed E-state index contributed by atoms with van der Waals surface area (Å²) in [6.45, 7) is 0. The van der Waals surface area contributed by atoms with Crippen molar-refractivity contribution in [1.82, 2.24) is 0 Å². The van der Waals surface area contributed by atoms with E-state index in [-0.39, 0.29) is 5.75 Å². The lowest BCUT2D eigenvalue weighted by molar-refractivity contribution is -0.150. The van der Waals surface area contributed by atoms with Crippen LogP contribution < -0.4 is 4.74 Å². The number of hydrogen-bond donors (Lipinski definition) is 2. The average molecular weight is 413 g/mol. The highest BCUT2D eigenvalue weighted by atomic mass is 32.2. The second kappa shape index (κ2) is 9.27. The molecule has 0 atom stereocenters. The van der Waals surface area contributed by atoms with Gasteiger partial charge < -0.3 is 14.9 Å². The molecule has 0 aliphatic rings. The van der Waals surface area contributed by atoms with Crippen LogP contribution in [0, 0.1) is 23.4 Å². The first kappa shape index (κ1) is 21.3. The van der Waals surface area contributed by atoms with Gasteiger partial charge >= 0.3 is 11.9 Å². The van der Waals surface area contributed by atoms with Gasteiger partial charge in [0, 0.05) is 5.75 Å². The van der Waals surface area contributed by atoms with E-state index in [4.69, 9.17) is 4.74 Å². The second-order valence-electron chi connectivity index (χ2n) is 5.39. The third kappa shape index (κ3) is 5.03. The van der Waals surface area contributed by atoms with Crippen LogP contribution in [-0.4, -0.2) is 34.3 Å². The Morgan fingerprint density at radius 3 is 2.18 bits per heavy atom. The van der Waals surface area contributed by atoms with Crippen LogP contribution in [0.15, 0.2) is 41.4 Å². The van der Waals surface area contributed by atoms with Crippen molar-refractivity contribution in [2.75, 3.05) is 7.11 Å². The zero-order chi connectivity index (χ0) is 20.8. The molecule has 28 heavy (non-hydrogen) atoms. The maximum absolute atomic E-state index is 13.9. The van der Waals surface area contributed by atoms with Gasteiger partial charge in [0.2, 0.25) is 5.92 Å². The summed E-state index contributed by atoms with van der Waals surface area (Å²) in [5, 5.41) is 17.9. The Labute approximate surface area is 161 Å². The average Bonchev–Trinajstić information content (AvgIpc) is 2.66. The number of aliphatic imine (C=N–C) groups is 1. The SMILES string of the molecule is COc1ccc(CSC(=Nc2ccc(F)c(F)c2F)C(C(=O)O)C(=O)O)cc1. The van der Waals surface area contributed by atoms with Crippen molar-refractivity contribution >= 4 is 34.4 Å². The summed E-state index contributed by atoms with van der Waals surface area (Å²) in [5.41, 5.74) is -0.0255. The molecule has 0 aliphatic carbocycles. The number of hydrogen-bond acceptors (Lipinski definition) is 5. The van der Waals surface area contributed by atoms with Gasteiger partial charge in [0.05, 0.1) is 12.2 Å². The van der Waals surface area contributed by atoms with Crippen molar-refractivity contribution in [1.29, 1.82) is 0 Å². The molecule has 0 heterocycles. The Balaban J connectivity index is 2.40. The largest absolute Gasteiger partial charge is 0.497 e. The van der Waals surface area contributed by atoms with E-state index >= 15 is 0 Å². The van der Waals surface area contributed by atoms with Gasteiger partial charge in [0.1, 0.15) is 11.4 Å². The Morgan fingerprint density at radius 1 is 1.04 bits per heavy atom. The number of nitrogens with zero attached hydrogens (tertiary/aromatic N) is 1. The van der Waals surface area contributed by atoms with E-state index in [2.05, 4.69) is 4.99 Å². The Kier molecular flexibility index (Phi) is 7.05. The van der Waals surface area contributed by atoms with Gasteiger partial charge in [0.25, 0.3) is 0 Å². The number of methoxy groups -OCH3 is 1. The number of carboxylic acid groups (broad SMARTS) is 2. The fourth-order valence-corrected chi connectivity index (χ4v) is 3.14. The molecule has 148 valence electrons. The predicted octanol–water partition coefficient (Wildman–Crippen LogP) is 3.86. The lowest BCUT2D eigenvalue weighted by atomic mass is 10.1. The Morgan fingerprint density at radius 2 is 1.64 bits per heavy atom. The highest BCUT2D eigenvalue weighted by molar-refractivity contribution is 8.13. The second-order valence-corrected chi connectivity index (χ2v) is 6.39. The fraction of sp³-hybridized carbons (Fsp3) is 0.167. The maximum Gasteiger partial charge on any atom is 0.324 e. The fourth-order valence-electron chi connectivity index (χ4n) is 2.10. The highest BCUT2D eigenvalue weighted by Gasteiger charge is 2.32. The molecule has 6 nitrogen and oxygen atoms in total. The molecule has 0 bridgehead atoms. The van der Waals surface area contributed by atoms with Crippen LogP contribution in [0.1, 0.15) is 5.56 Å². The number of halogens is 3. The summed E-state index contributed by atoms with van der Waals surface area (Å²) in [7, 11) is 1.48. The number of aliphatic carboxylic acids is 2. The van der Waals surface area contributed by atoms with E-state index in [1.165, 1.54) is 7.11 Å². The molecule has 2 rings (SSSR count). The molecule has 2 aromatic rings. The molecule has 0 aromatic heterocycles. The smallest absolute Gasteiger partial charge is 0.324 e. The summed E-state index contributed by atoms with van der Waals surface area (Å²) >= 11 is 0.731. The van der Waals surface area contributed by atoms with Crippen LogP contribution in [0.5, 0.6) is 5.75 Å². The molecule has 0 fully saturated rings. The number of thioether (sulfide) groups is 1. The number of carbonyl (C=O) groups is 2. The standard InChI is InChI=1S/C18H14F3NO5S/c1-27-10-4-2-9(3-5-10)8-28-16(13(17(23)24)18(25)26)22-12-7-6-11(19)14(20)15(12)21/h2-7,13H,8H2,1H3,(H,23,24)(H,25,26). The molecule has 0 amide bonds. The predicted molar refractivity (Wildman–Crippen MR) is 96.5 cm³/mol. The third-order valence-corrected chi connectivity index (χ3v) is 4.63. The number of ether oxygens (including phenoxy) is 1. The minimum atomic E-state index is -2.10. The summed E-state index contributed by atoms with van der Waals surface area (Å²) in [5.74, 6) is -9.74. The van der Waals surface area contributed by atoms with Crippen molar-refractivity contribution in [2.24, 2.45) is 10.9 Å². The van der Waals surface area contributed by atoms with E-state index in [0.29, 0.717) is 17.4 Å². The minimum absolute atomic E-state index is 0.102.